The zero-order chi connectivity index (χ0) is 11.4. The molecule has 0 amide bonds. The topological polar surface area (TPSA) is 46.0 Å². The van der Waals surface area contributed by atoms with E-state index in [4.69, 9.17) is 11.6 Å². The van der Waals surface area contributed by atoms with Crippen LogP contribution in [0.4, 0.5) is 0 Å². The van der Waals surface area contributed by atoms with Crippen molar-refractivity contribution >= 4 is 11.6 Å². The van der Waals surface area contributed by atoms with Crippen LogP contribution in [0.5, 0.6) is 5.75 Å². The number of pyridine rings is 2. The minimum absolute atomic E-state index is 0.0888. The van der Waals surface area contributed by atoms with Crippen molar-refractivity contribution in [2.45, 2.75) is 0 Å². The summed E-state index contributed by atoms with van der Waals surface area (Å²) in [6, 6.07) is 6.75. The van der Waals surface area contributed by atoms with Gasteiger partial charge in [0.1, 0.15) is 16.6 Å². The van der Waals surface area contributed by atoms with Crippen LogP contribution in [0.3, 0.4) is 0 Å². The Balaban J connectivity index is 2.28. The molecule has 2 aromatic rings. The van der Waals surface area contributed by atoms with Crippen molar-refractivity contribution in [3.63, 3.8) is 0 Å². The van der Waals surface area contributed by atoms with Gasteiger partial charge in [0, 0.05) is 11.8 Å². The van der Waals surface area contributed by atoms with Gasteiger partial charge in [-0.25, -0.2) is 4.98 Å². The molecule has 2 aromatic heterocycles. The summed E-state index contributed by atoms with van der Waals surface area (Å²) >= 11 is 5.72. The first-order valence-corrected chi connectivity index (χ1v) is 4.90. The second-order valence-electron chi connectivity index (χ2n) is 3.03. The van der Waals surface area contributed by atoms with Gasteiger partial charge in [0.15, 0.2) is 0 Å². The highest BCUT2D eigenvalue weighted by atomic mass is 35.5. The van der Waals surface area contributed by atoms with Crippen LogP contribution >= 0.6 is 11.6 Å². The monoisotopic (exact) mass is 230 g/mol. The highest BCUT2D eigenvalue weighted by Gasteiger charge is 1.92. The fourth-order valence-corrected chi connectivity index (χ4v) is 1.27. The van der Waals surface area contributed by atoms with Crippen molar-refractivity contribution in [2.24, 2.45) is 0 Å². The van der Waals surface area contributed by atoms with E-state index in [9.17, 15) is 5.11 Å². The van der Waals surface area contributed by atoms with E-state index in [0.717, 1.165) is 0 Å². The van der Waals surface area contributed by atoms with E-state index in [0.29, 0.717) is 16.4 Å². The number of aromatic nitrogens is 2. The summed E-state index contributed by atoms with van der Waals surface area (Å²) in [4.78, 5) is 7.83. The quantitative estimate of drug-likeness (QED) is 0.558. The van der Waals surface area contributed by atoms with Crippen molar-refractivity contribution in [1.82, 2.24) is 9.97 Å². The zero-order valence-corrected chi connectivity index (χ0v) is 8.94. The Bertz CT molecular complexity index is 523. The molecule has 16 heavy (non-hydrogen) atoms. The molecule has 78 valence electrons. The van der Waals surface area contributed by atoms with Crippen LogP contribution < -0.4 is 0 Å². The third-order valence-electron chi connectivity index (χ3n) is 1.77. The second-order valence-corrected chi connectivity index (χ2v) is 3.41. The highest BCUT2D eigenvalue weighted by Crippen LogP contribution is 2.07. The summed E-state index contributed by atoms with van der Waals surface area (Å²) < 4.78 is 0. The van der Waals surface area contributed by atoms with Crippen molar-refractivity contribution in [2.75, 3.05) is 0 Å². The van der Waals surface area contributed by atoms with Crippen LogP contribution in [0.15, 0.2) is 36.7 Å². The summed E-state index contributed by atoms with van der Waals surface area (Å²) in [5.74, 6) is 5.76. The largest absolute Gasteiger partial charge is 0.506 e. The van der Waals surface area contributed by atoms with E-state index in [1.807, 2.05) is 0 Å². The fourth-order valence-electron chi connectivity index (χ4n) is 1.11. The number of nitrogens with zero attached hydrogens (tertiary/aromatic N) is 2. The molecule has 0 unspecified atom stereocenters. The standard InChI is InChI=1S/C12H7ClN2O/c13-12-3-1-2-10(15-12)5-4-9-6-11(16)8-14-7-9/h1-3,6-8,16H. The third-order valence-corrected chi connectivity index (χ3v) is 1.98. The minimum Gasteiger partial charge on any atom is -0.506 e. The molecule has 2 heterocycles. The van der Waals surface area contributed by atoms with Gasteiger partial charge in [0.05, 0.1) is 6.20 Å². The summed E-state index contributed by atoms with van der Waals surface area (Å²) in [5, 5.41) is 9.59. The molecule has 0 aliphatic rings. The van der Waals surface area contributed by atoms with Crippen LogP contribution in [0, 0.1) is 11.8 Å². The molecule has 0 saturated carbocycles. The predicted molar refractivity (Wildman–Crippen MR) is 61.1 cm³/mol. The first-order chi connectivity index (χ1) is 7.74. The molecule has 0 aliphatic heterocycles. The maximum absolute atomic E-state index is 9.19. The van der Waals surface area contributed by atoms with Crippen molar-refractivity contribution in [1.29, 1.82) is 0 Å². The van der Waals surface area contributed by atoms with Crippen LogP contribution in [0.1, 0.15) is 11.3 Å². The number of hydrogen-bond donors (Lipinski definition) is 1. The molecule has 0 radical (unpaired) electrons. The Labute approximate surface area is 97.8 Å². The van der Waals surface area contributed by atoms with Gasteiger partial charge in [-0.2, -0.15) is 0 Å². The van der Waals surface area contributed by atoms with Crippen molar-refractivity contribution in [3.05, 3.63) is 53.1 Å². The van der Waals surface area contributed by atoms with Gasteiger partial charge in [-0.3, -0.25) is 4.98 Å². The normalized spacial score (nSPS) is 9.31. The molecule has 0 aliphatic carbocycles. The average molecular weight is 231 g/mol. The smallest absolute Gasteiger partial charge is 0.135 e. The fraction of sp³-hybridized carbons (Fsp3) is 0. The molecule has 0 aromatic carbocycles. The van der Waals surface area contributed by atoms with Crippen LogP contribution in [0.2, 0.25) is 5.15 Å². The third kappa shape index (κ3) is 2.72. The van der Waals surface area contributed by atoms with Crippen molar-refractivity contribution < 1.29 is 5.11 Å². The number of rotatable bonds is 0. The first-order valence-electron chi connectivity index (χ1n) is 4.52. The predicted octanol–water partition coefficient (Wildman–Crippen LogP) is 2.24. The zero-order valence-electron chi connectivity index (χ0n) is 8.18. The lowest BCUT2D eigenvalue weighted by molar-refractivity contribution is 0.472. The molecule has 0 spiro atoms. The van der Waals surface area contributed by atoms with E-state index in [2.05, 4.69) is 21.8 Å². The Kier molecular flexibility index (Phi) is 3.04. The number of aromatic hydroxyl groups is 1. The lowest BCUT2D eigenvalue weighted by Gasteiger charge is -1.92. The lowest BCUT2D eigenvalue weighted by atomic mass is 10.2. The molecular formula is C12H7ClN2O. The molecule has 0 atom stereocenters. The van der Waals surface area contributed by atoms with Crippen LogP contribution in [0.25, 0.3) is 0 Å². The number of halogens is 1. The average Bonchev–Trinajstić information content (AvgIpc) is 2.27. The molecule has 2 rings (SSSR count). The van der Waals surface area contributed by atoms with Gasteiger partial charge in [0.25, 0.3) is 0 Å². The van der Waals surface area contributed by atoms with Gasteiger partial charge in [-0.1, -0.05) is 23.6 Å². The van der Waals surface area contributed by atoms with E-state index in [1.54, 1.807) is 24.4 Å². The second kappa shape index (κ2) is 4.65. The van der Waals surface area contributed by atoms with Gasteiger partial charge in [-0.05, 0) is 24.1 Å². The highest BCUT2D eigenvalue weighted by molar-refractivity contribution is 6.29. The molecule has 0 bridgehead atoms. The SMILES string of the molecule is Oc1cncc(C#Cc2cccc(Cl)n2)c1. The van der Waals surface area contributed by atoms with E-state index >= 15 is 0 Å². The maximum Gasteiger partial charge on any atom is 0.135 e. The molecule has 0 saturated heterocycles. The number of hydrogen-bond acceptors (Lipinski definition) is 3. The van der Waals surface area contributed by atoms with Crippen LogP contribution in [-0.4, -0.2) is 15.1 Å². The lowest BCUT2D eigenvalue weighted by Crippen LogP contribution is -1.82. The molecular weight excluding hydrogens is 224 g/mol. The Morgan fingerprint density at radius 2 is 2.06 bits per heavy atom. The van der Waals surface area contributed by atoms with Gasteiger partial charge in [0.2, 0.25) is 0 Å². The van der Waals surface area contributed by atoms with E-state index in [-0.39, 0.29) is 5.75 Å². The van der Waals surface area contributed by atoms with Gasteiger partial charge < -0.3 is 5.11 Å². The summed E-state index contributed by atoms with van der Waals surface area (Å²) in [6.45, 7) is 0. The molecule has 4 heteroatoms. The van der Waals surface area contributed by atoms with Gasteiger partial charge >= 0.3 is 0 Å². The van der Waals surface area contributed by atoms with Crippen molar-refractivity contribution in [3.8, 4) is 17.6 Å². The van der Waals surface area contributed by atoms with E-state index < -0.39 is 0 Å². The Hall–Kier alpha value is -2.05. The van der Waals surface area contributed by atoms with E-state index in [1.165, 1.54) is 12.3 Å². The molecule has 0 fully saturated rings. The maximum atomic E-state index is 9.19. The molecule has 1 N–H and O–H groups in total. The summed E-state index contributed by atoms with van der Waals surface area (Å²) in [6.07, 6.45) is 2.92. The molecule has 3 nitrogen and oxygen atoms in total. The Morgan fingerprint density at radius 1 is 1.19 bits per heavy atom. The Morgan fingerprint density at radius 3 is 2.81 bits per heavy atom. The summed E-state index contributed by atoms with van der Waals surface area (Å²) in [5.41, 5.74) is 1.21. The summed E-state index contributed by atoms with van der Waals surface area (Å²) in [7, 11) is 0. The minimum atomic E-state index is 0.0888. The van der Waals surface area contributed by atoms with Gasteiger partial charge in [-0.15, -0.1) is 0 Å². The first kappa shape index (κ1) is 10.5. The van der Waals surface area contributed by atoms with Crippen LogP contribution in [-0.2, 0) is 0 Å².